The van der Waals surface area contributed by atoms with Crippen molar-refractivity contribution in [2.45, 2.75) is 25.8 Å². The van der Waals surface area contributed by atoms with E-state index in [4.69, 9.17) is 16.9 Å². The van der Waals surface area contributed by atoms with Crippen molar-refractivity contribution < 1.29 is 0 Å². The van der Waals surface area contributed by atoms with Crippen LogP contribution in [-0.4, -0.2) is 21.8 Å². The van der Waals surface area contributed by atoms with Crippen molar-refractivity contribution >= 4 is 23.4 Å². The maximum atomic E-state index is 9.09. The fraction of sp³-hybridized carbons (Fsp3) is 0.545. The molecule has 0 aliphatic heterocycles. The Hall–Kier alpha value is -0.790. The Balaban J connectivity index is 2.89. The lowest BCUT2D eigenvalue weighted by Crippen LogP contribution is -2.03. The van der Waals surface area contributed by atoms with E-state index >= 15 is 0 Å². The first-order valence-electron chi connectivity index (χ1n) is 5.02. The van der Waals surface area contributed by atoms with Crippen LogP contribution in [0.4, 0.5) is 0 Å². The third kappa shape index (κ3) is 3.10. The largest absolute Gasteiger partial charge is 0.192 e. The molecule has 1 atom stereocenters. The van der Waals surface area contributed by atoms with Crippen molar-refractivity contribution in [1.82, 2.24) is 10.2 Å². The highest BCUT2D eigenvalue weighted by Gasteiger charge is 2.12. The zero-order chi connectivity index (χ0) is 12.1. The Morgan fingerprint density at radius 3 is 2.69 bits per heavy atom. The Bertz CT molecular complexity index is 414. The predicted molar refractivity (Wildman–Crippen MR) is 66.8 cm³/mol. The van der Waals surface area contributed by atoms with Crippen molar-refractivity contribution in [3.05, 3.63) is 16.8 Å². The van der Waals surface area contributed by atoms with Crippen LogP contribution in [0, 0.1) is 31.1 Å². The van der Waals surface area contributed by atoms with Crippen LogP contribution >= 0.6 is 23.4 Å². The molecule has 0 saturated carbocycles. The zero-order valence-electron chi connectivity index (χ0n) is 9.62. The van der Waals surface area contributed by atoms with E-state index in [-0.39, 0.29) is 0 Å². The van der Waals surface area contributed by atoms with E-state index in [0.29, 0.717) is 22.4 Å². The molecule has 1 unspecified atom stereocenters. The van der Waals surface area contributed by atoms with Gasteiger partial charge in [-0.25, -0.2) is 0 Å². The number of nitrogens with zero attached hydrogens (tertiary/aromatic N) is 3. The predicted octanol–water partition coefficient (Wildman–Crippen LogP) is 2.93. The molecule has 5 heteroatoms. The summed E-state index contributed by atoms with van der Waals surface area (Å²) in [7, 11) is 0. The van der Waals surface area contributed by atoms with Gasteiger partial charge >= 0.3 is 0 Å². The van der Waals surface area contributed by atoms with Crippen LogP contribution < -0.4 is 0 Å². The molecule has 0 aliphatic carbocycles. The summed E-state index contributed by atoms with van der Waals surface area (Å²) in [6.45, 7) is 5.83. The minimum absolute atomic E-state index is 0.404. The first-order valence-corrected chi connectivity index (χ1v) is 6.54. The van der Waals surface area contributed by atoms with Crippen LogP contribution in [0.2, 0.25) is 0 Å². The maximum absolute atomic E-state index is 9.09. The number of nitriles is 1. The SMILES string of the molecule is Cc1nnc(SCC(C)CCl)c(C#N)c1C. The number of alkyl halides is 1. The molecule has 0 spiro atoms. The minimum Gasteiger partial charge on any atom is -0.192 e. The first kappa shape index (κ1) is 13.3. The first-order chi connectivity index (χ1) is 7.60. The summed E-state index contributed by atoms with van der Waals surface area (Å²) in [6.07, 6.45) is 0. The standard InChI is InChI=1S/C11H14ClN3S/c1-7(4-12)6-16-11-10(5-13)8(2)9(3)14-15-11/h7H,4,6H2,1-3H3. The summed E-state index contributed by atoms with van der Waals surface area (Å²) in [5.41, 5.74) is 2.36. The average molecular weight is 256 g/mol. The number of hydrogen-bond acceptors (Lipinski definition) is 4. The second-order valence-electron chi connectivity index (χ2n) is 3.77. The van der Waals surface area contributed by atoms with Gasteiger partial charge in [0.25, 0.3) is 0 Å². The molecule has 0 N–H and O–H groups in total. The van der Waals surface area contributed by atoms with Gasteiger partial charge in [-0.05, 0) is 25.3 Å². The molecule has 0 radical (unpaired) electrons. The van der Waals surface area contributed by atoms with Gasteiger partial charge in [-0.15, -0.1) is 28.5 Å². The highest BCUT2D eigenvalue weighted by Crippen LogP contribution is 2.24. The zero-order valence-corrected chi connectivity index (χ0v) is 11.2. The van der Waals surface area contributed by atoms with Crippen molar-refractivity contribution in [3.8, 4) is 6.07 Å². The summed E-state index contributed by atoms with van der Waals surface area (Å²) in [6, 6.07) is 2.19. The van der Waals surface area contributed by atoms with Gasteiger partial charge in [-0.3, -0.25) is 0 Å². The van der Waals surface area contributed by atoms with E-state index in [1.165, 1.54) is 0 Å². The molecule has 1 aromatic rings. The fourth-order valence-electron chi connectivity index (χ4n) is 1.09. The van der Waals surface area contributed by atoms with Gasteiger partial charge in [0.05, 0.1) is 11.3 Å². The van der Waals surface area contributed by atoms with Gasteiger partial charge < -0.3 is 0 Å². The van der Waals surface area contributed by atoms with Crippen molar-refractivity contribution in [1.29, 1.82) is 5.26 Å². The Labute approximate surface area is 105 Å². The molecule has 0 amide bonds. The lowest BCUT2D eigenvalue weighted by molar-refractivity contribution is 0.756. The van der Waals surface area contributed by atoms with E-state index < -0.39 is 0 Å². The molecule has 0 aliphatic rings. The number of rotatable bonds is 4. The van der Waals surface area contributed by atoms with Crippen LogP contribution in [0.1, 0.15) is 23.7 Å². The van der Waals surface area contributed by atoms with Gasteiger partial charge in [0.2, 0.25) is 0 Å². The lowest BCUT2D eigenvalue weighted by atomic mass is 10.1. The van der Waals surface area contributed by atoms with Crippen molar-refractivity contribution in [3.63, 3.8) is 0 Å². The van der Waals surface area contributed by atoms with Gasteiger partial charge in [-0.2, -0.15) is 10.4 Å². The van der Waals surface area contributed by atoms with Crippen LogP contribution in [0.5, 0.6) is 0 Å². The second-order valence-corrected chi connectivity index (χ2v) is 5.09. The van der Waals surface area contributed by atoms with Crippen LogP contribution in [0.25, 0.3) is 0 Å². The maximum Gasteiger partial charge on any atom is 0.137 e. The van der Waals surface area contributed by atoms with E-state index in [1.807, 2.05) is 13.8 Å². The number of halogens is 1. The van der Waals surface area contributed by atoms with E-state index in [1.54, 1.807) is 11.8 Å². The molecular weight excluding hydrogens is 242 g/mol. The van der Waals surface area contributed by atoms with E-state index in [0.717, 1.165) is 17.0 Å². The molecular formula is C11H14ClN3S. The van der Waals surface area contributed by atoms with Crippen molar-refractivity contribution in [2.24, 2.45) is 5.92 Å². The van der Waals surface area contributed by atoms with E-state index in [9.17, 15) is 0 Å². The molecule has 16 heavy (non-hydrogen) atoms. The van der Waals surface area contributed by atoms with Gasteiger partial charge in [0, 0.05) is 11.6 Å². The number of aromatic nitrogens is 2. The van der Waals surface area contributed by atoms with Gasteiger partial charge in [0.15, 0.2) is 0 Å². The summed E-state index contributed by atoms with van der Waals surface area (Å²) >= 11 is 7.28. The molecule has 3 nitrogen and oxygen atoms in total. The van der Waals surface area contributed by atoms with Gasteiger partial charge in [-0.1, -0.05) is 6.92 Å². The smallest absolute Gasteiger partial charge is 0.137 e. The highest BCUT2D eigenvalue weighted by atomic mass is 35.5. The molecule has 0 aromatic carbocycles. The monoisotopic (exact) mass is 255 g/mol. The minimum atomic E-state index is 0.404. The number of hydrogen-bond donors (Lipinski definition) is 0. The van der Waals surface area contributed by atoms with Crippen LogP contribution in [-0.2, 0) is 0 Å². The Morgan fingerprint density at radius 1 is 1.44 bits per heavy atom. The summed E-state index contributed by atoms with van der Waals surface area (Å²) in [5.74, 6) is 1.88. The molecule has 1 rings (SSSR count). The number of thioether (sulfide) groups is 1. The van der Waals surface area contributed by atoms with Crippen LogP contribution in [0.15, 0.2) is 5.03 Å². The normalized spacial score (nSPS) is 12.2. The Kier molecular flexibility index (Phi) is 5.04. The third-order valence-electron chi connectivity index (χ3n) is 2.30. The molecule has 1 aromatic heterocycles. The summed E-state index contributed by atoms with van der Waals surface area (Å²) in [4.78, 5) is 0. The topological polar surface area (TPSA) is 49.6 Å². The number of aryl methyl sites for hydroxylation is 1. The highest BCUT2D eigenvalue weighted by molar-refractivity contribution is 7.99. The lowest BCUT2D eigenvalue weighted by Gasteiger charge is -2.08. The molecule has 1 heterocycles. The Morgan fingerprint density at radius 2 is 2.12 bits per heavy atom. The van der Waals surface area contributed by atoms with Gasteiger partial charge in [0.1, 0.15) is 11.1 Å². The van der Waals surface area contributed by atoms with E-state index in [2.05, 4.69) is 23.2 Å². The van der Waals surface area contributed by atoms with Crippen molar-refractivity contribution in [2.75, 3.05) is 11.6 Å². The molecule has 0 bridgehead atoms. The quantitative estimate of drug-likeness (QED) is 0.613. The fourth-order valence-corrected chi connectivity index (χ4v) is 2.33. The second kappa shape index (κ2) is 6.07. The third-order valence-corrected chi connectivity index (χ3v) is 4.12. The summed E-state index contributed by atoms with van der Waals surface area (Å²) in [5, 5.41) is 17.9. The summed E-state index contributed by atoms with van der Waals surface area (Å²) < 4.78 is 0. The molecule has 86 valence electrons. The molecule has 0 fully saturated rings. The molecule has 0 saturated heterocycles. The van der Waals surface area contributed by atoms with Crippen LogP contribution in [0.3, 0.4) is 0 Å². The average Bonchev–Trinajstić information content (AvgIpc) is 2.30.